The number of benzene rings is 2. The van der Waals surface area contributed by atoms with Crippen LogP contribution in [0.15, 0.2) is 41.6 Å². The third-order valence-corrected chi connectivity index (χ3v) is 12.4. The molecule has 0 aromatic heterocycles. The number of nitroso groups, excluding NO2 is 1. The standard InChI is InChI=1S/C25H32IN5O4Si/c1-15-20(13-10-18(14-27)21(15)26)28-22(16(2)35-36(6,7)25(3,4)5)24(33)30-29-23(32)17-8-11-19(31-34)12-9-17/h8-13,16,22,28H,1-7H3,(H,29,32)(H,30,33)/t16-,22+/m0/s1. The van der Waals surface area contributed by atoms with Crippen molar-refractivity contribution >= 4 is 54.1 Å². The minimum atomic E-state index is -2.23. The van der Waals surface area contributed by atoms with Gasteiger partial charge in [-0.25, -0.2) is 0 Å². The quantitative estimate of drug-likeness (QED) is 0.154. The first-order chi connectivity index (χ1) is 16.7. The number of halogens is 1. The van der Waals surface area contributed by atoms with Crippen LogP contribution in [-0.4, -0.2) is 32.3 Å². The number of hydrogen-bond donors (Lipinski definition) is 3. The van der Waals surface area contributed by atoms with Gasteiger partial charge in [0.2, 0.25) is 0 Å². The van der Waals surface area contributed by atoms with E-state index >= 15 is 0 Å². The van der Waals surface area contributed by atoms with Gasteiger partial charge in [0.1, 0.15) is 17.8 Å². The SMILES string of the molecule is Cc1c(N[C@@H](C(=O)NNC(=O)c2ccc(N=O)cc2)[C@H](C)O[Si](C)(C)C(C)(C)C)ccc(C#N)c1I. The fourth-order valence-electron chi connectivity index (χ4n) is 3.14. The number of amides is 2. The van der Waals surface area contributed by atoms with E-state index in [2.05, 4.69) is 83.9 Å². The Morgan fingerprint density at radius 3 is 2.25 bits per heavy atom. The minimum Gasteiger partial charge on any atom is -0.412 e. The zero-order valence-corrected chi connectivity index (χ0v) is 24.7. The highest BCUT2D eigenvalue weighted by molar-refractivity contribution is 14.1. The summed E-state index contributed by atoms with van der Waals surface area (Å²) < 4.78 is 7.29. The summed E-state index contributed by atoms with van der Waals surface area (Å²) in [5.41, 5.74) is 7.43. The number of anilines is 1. The van der Waals surface area contributed by atoms with Crippen molar-refractivity contribution in [2.24, 2.45) is 5.18 Å². The van der Waals surface area contributed by atoms with Crippen LogP contribution in [0.1, 0.15) is 49.2 Å². The molecule has 0 saturated carbocycles. The molecule has 0 aliphatic heterocycles. The van der Waals surface area contributed by atoms with Crippen molar-refractivity contribution in [3.8, 4) is 6.07 Å². The normalized spacial score (nSPS) is 13.2. The Morgan fingerprint density at radius 2 is 1.72 bits per heavy atom. The van der Waals surface area contributed by atoms with E-state index in [1.807, 2.05) is 13.8 Å². The molecule has 0 aliphatic carbocycles. The first kappa shape index (κ1) is 29.4. The highest BCUT2D eigenvalue weighted by atomic mass is 127. The number of rotatable bonds is 8. The van der Waals surface area contributed by atoms with Crippen LogP contribution in [0.4, 0.5) is 11.4 Å². The van der Waals surface area contributed by atoms with Gasteiger partial charge < -0.3 is 9.74 Å². The van der Waals surface area contributed by atoms with Crippen LogP contribution in [0, 0.1) is 26.7 Å². The van der Waals surface area contributed by atoms with E-state index in [9.17, 15) is 19.8 Å². The van der Waals surface area contributed by atoms with Gasteiger partial charge in [-0.15, -0.1) is 4.91 Å². The van der Waals surface area contributed by atoms with Gasteiger partial charge in [-0.05, 0) is 102 Å². The number of nitrogens with one attached hydrogen (secondary N) is 3. The van der Waals surface area contributed by atoms with Crippen LogP contribution in [0.3, 0.4) is 0 Å². The van der Waals surface area contributed by atoms with E-state index in [1.54, 1.807) is 12.1 Å². The van der Waals surface area contributed by atoms with Gasteiger partial charge >= 0.3 is 0 Å². The molecule has 0 unspecified atom stereocenters. The maximum Gasteiger partial charge on any atom is 0.269 e. The Labute approximate surface area is 226 Å². The Kier molecular flexibility index (Phi) is 9.75. The smallest absolute Gasteiger partial charge is 0.269 e. The van der Waals surface area contributed by atoms with Gasteiger partial charge in [-0.1, -0.05) is 20.8 Å². The lowest BCUT2D eigenvalue weighted by atomic mass is 10.1. The molecule has 9 nitrogen and oxygen atoms in total. The van der Waals surface area contributed by atoms with E-state index in [0.29, 0.717) is 11.3 Å². The Hall–Kier alpha value is -2.82. The summed E-state index contributed by atoms with van der Waals surface area (Å²) in [7, 11) is -2.23. The molecule has 0 radical (unpaired) electrons. The van der Waals surface area contributed by atoms with E-state index in [1.165, 1.54) is 24.3 Å². The van der Waals surface area contributed by atoms with E-state index in [0.717, 1.165) is 9.13 Å². The van der Waals surface area contributed by atoms with Crippen molar-refractivity contribution in [3.63, 3.8) is 0 Å². The molecule has 0 heterocycles. The molecular formula is C25H32IN5O4Si. The first-order valence-electron chi connectivity index (χ1n) is 11.4. The van der Waals surface area contributed by atoms with Crippen molar-refractivity contribution in [2.45, 2.75) is 64.9 Å². The maximum absolute atomic E-state index is 13.3. The lowest BCUT2D eigenvalue weighted by Crippen LogP contribution is -2.55. The highest BCUT2D eigenvalue weighted by Gasteiger charge is 2.41. The van der Waals surface area contributed by atoms with Crippen molar-refractivity contribution < 1.29 is 14.0 Å². The predicted octanol–water partition coefficient (Wildman–Crippen LogP) is 5.52. The molecule has 36 heavy (non-hydrogen) atoms. The van der Waals surface area contributed by atoms with Gasteiger partial charge in [0, 0.05) is 14.8 Å². The molecule has 192 valence electrons. The molecule has 0 saturated heterocycles. The van der Waals surface area contributed by atoms with Crippen molar-refractivity contribution in [1.82, 2.24) is 10.9 Å². The number of hydrazine groups is 1. The van der Waals surface area contributed by atoms with Crippen molar-refractivity contribution in [3.05, 3.63) is 61.6 Å². The second-order valence-electron chi connectivity index (χ2n) is 10.00. The zero-order chi connectivity index (χ0) is 27.3. The van der Waals surface area contributed by atoms with Crippen LogP contribution >= 0.6 is 22.6 Å². The first-order valence-corrected chi connectivity index (χ1v) is 15.4. The zero-order valence-electron chi connectivity index (χ0n) is 21.5. The lowest BCUT2D eigenvalue weighted by Gasteiger charge is -2.40. The molecule has 2 amide bonds. The second-order valence-corrected chi connectivity index (χ2v) is 15.8. The van der Waals surface area contributed by atoms with Crippen molar-refractivity contribution in [2.75, 3.05) is 5.32 Å². The van der Waals surface area contributed by atoms with Gasteiger partial charge in [0.15, 0.2) is 8.32 Å². The fourth-order valence-corrected chi connectivity index (χ4v) is 5.15. The van der Waals surface area contributed by atoms with Crippen LogP contribution in [0.5, 0.6) is 0 Å². The average Bonchev–Trinajstić information content (AvgIpc) is 2.82. The number of nitriles is 1. The van der Waals surface area contributed by atoms with Crippen LogP contribution in [0.2, 0.25) is 18.1 Å². The molecule has 2 aromatic rings. The lowest BCUT2D eigenvalue weighted by molar-refractivity contribution is -0.124. The minimum absolute atomic E-state index is 0.0707. The molecular weight excluding hydrogens is 589 g/mol. The highest BCUT2D eigenvalue weighted by Crippen LogP contribution is 2.38. The summed E-state index contributed by atoms with van der Waals surface area (Å²) in [6.07, 6.45) is -0.534. The van der Waals surface area contributed by atoms with Gasteiger partial charge in [-0.2, -0.15) is 5.26 Å². The van der Waals surface area contributed by atoms with E-state index < -0.39 is 32.3 Å². The monoisotopic (exact) mass is 621 g/mol. The Morgan fingerprint density at radius 1 is 1.11 bits per heavy atom. The van der Waals surface area contributed by atoms with Gasteiger partial charge in [0.05, 0.1) is 11.7 Å². The fraction of sp³-hybridized carbons (Fsp3) is 0.400. The van der Waals surface area contributed by atoms with Crippen molar-refractivity contribution in [1.29, 1.82) is 5.26 Å². The summed E-state index contributed by atoms with van der Waals surface area (Å²) >= 11 is 2.11. The second kappa shape index (κ2) is 11.9. The maximum atomic E-state index is 13.3. The largest absolute Gasteiger partial charge is 0.412 e. The molecule has 3 N–H and O–H groups in total. The topological polar surface area (TPSA) is 133 Å². The number of carbonyl (C=O) groups excluding carboxylic acids is 2. The molecule has 2 atom stereocenters. The molecule has 0 fully saturated rings. The molecule has 0 bridgehead atoms. The number of hydrogen-bond acceptors (Lipinski definition) is 7. The van der Waals surface area contributed by atoms with E-state index in [-0.39, 0.29) is 16.3 Å². The van der Waals surface area contributed by atoms with Crippen LogP contribution in [-0.2, 0) is 9.22 Å². The molecule has 2 aromatic carbocycles. The molecule has 0 spiro atoms. The summed E-state index contributed by atoms with van der Waals surface area (Å²) in [6.45, 7) is 14.3. The van der Waals surface area contributed by atoms with Crippen LogP contribution in [0.25, 0.3) is 0 Å². The third kappa shape index (κ3) is 7.11. The summed E-state index contributed by atoms with van der Waals surface area (Å²) in [4.78, 5) is 36.4. The Balaban J connectivity index is 2.29. The summed E-state index contributed by atoms with van der Waals surface area (Å²) in [5.74, 6) is -1.03. The molecule has 0 aliphatic rings. The number of carbonyl (C=O) groups is 2. The van der Waals surface area contributed by atoms with Gasteiger partial charge in [0.25, 0.3) is 11.8 Å². The van der Waals surface area contributed by atoms with Gasteiger partial charge in [-0.3, -0.25) is 20.4 Å². The Bertz CT molecular complexity index is 1170. The third-order valence-electron chi connectivity index (χ3n) is 6.39. The average molecular weight is 622 g/mol. The summed E-state index contributed by atoms with van der Waals surface area (Å²) in [5, 5.41) is 15.3. The number of nitrogens with zero attached hydrogens (tertiary/aromatic N) is 2. The van der Waals surface area contributed by atoms with E-state index in [4.69, 9.17) is 4.43 Å². The summed E-state index contributed by atoms with van der Waals surface area (Å²) in [6, 6.07) is 10.5. The molecule has 11 heteroatoms. The van der Waals surface area contributed by atoms with Crippen LogP contribution < -0.4 is 16.2 Å². The predicted molar refractivity (Wildman–Crippen MR) is 151 cm³/mol. The molecule has 2 rings (SSSR count).